The summed E-state index contributed by atoms with van der Waals surface area (Å²) in [7, 11) is 0. The molecule has 1 saturated heterocycles. The lowest BCUT2D eigenvalue weighted by Crippen LogP contribution is -2.39. The van der Waals surface area contributed by atoms with E-state index in [0.29, 0.717) is 6.54 Å². The Hall–Kier alpha value is -1.35. The number of carboxylic acid groups (broad SMARTS) is 1. The van der Waals surface area contributed by atoms with Gasteiger partial charge >= 0.3 is 5.97 Å². The monoisotopic (exact) mass is 275 g/mol. The van der Waals surface area contributed by atoms with Crippen LogP contribution in [0.25, 0.3) is 0 Å². The third-order valence-electron chi connectivity index (χ3n) is 5.05. The molecule has 2 atom stereocenters. The van der Waals surface area contributed by atoms with Crippen LogP contribution < -0.4 is 0 Å². The average molecular weight is 275 g/mol. The van der Waals surface area contributed by atoms with Crippen molar-refractivity contribution in [1.29, 1.82) is 0 Å². The van der Waals surface area contributed by atoms with Gasteiger partial charge in [0.1, 0.15) is 0 Å². The zero-order valence-corrected chi connectivity index (χ0v) is 12.9. The van der Waals surface area contributed by atoms with E-state index in [4.69, 9.17) is 0 Å². The molecule has 1 fully saturated rings. The lowest BCUT2D eigenvalue weighted by atomic mass is 9.76. The highest BCUT2D eigenvalue weighted by Gasteiger charge is 2.48. The van der Waals surface area contributed by atoms with Crippen molar-refractivity contribution in [2.75, 3.05) is 13.1 Å². The largest absolute Gasteiger partial charge is 0.481 e. The predicted molar refractivity (Wildman–Crippen MR) is 80.7 cm³/mol. The van der Waals surface area contributed by atoms with E-state index < -0.39 is 11.4 Å². The van der Waals surface area contributed by atoms with Crippen LogP contribution >= 0.6 is 0 Å². The van der Waals surface area contributed by atoms with Crippen molar-refractivity contribution in [1.82, 2.24) is 4.90 Å². The average Bonchev–Trinajstić information content (AvgIpc) is 2.85. The molecule has 2 unspecified atom stereocenters. The molecule has 0 amide bonds. The van der Waals surface area contributed by atoms with Gasteiger partial charge in [0.2, 0.25) is 0 Å². The molecule has 1 heterocycles. The van der Waals surface area contributed by atoms with Gasteiger partial charge in [0.15, 0.2) is 0 Å². The highest BCUT2D eigenvalue weighted by Crippen LogP contribution is 2.41. The van der Waals surface area contributed by atoms with E-state index in [9.17, 15) is 9.90 Å². The number of carbonyl (C=O) groups is 1. The SMILES string of the molecule is Cc1ccccc1C(C)N1CCC(C(=O)O)(C(C)C)C1. The van der Waals surface area contributed by atoms with Crippen molar-refractivity contribution in [3.63, 3.8) is 0 Å². The number of benzene rings is 1. The number of hydrogen-bond donors (Lipinski definition) is 1. The molecule has 0 bridgehead atoms. The Morgan fingerprint density at radius 1 is 1.30 bits per heavy atom. The summed E-state index contributed by atoms with van der Waals surface area (Å²) in [6.07, 6.45) is 0.746. The van der Waals surface area contributed by atoms with E-state index in [0.717, 1.165) is 13.0 Å². The third-order valence-corrected chi connectivity index (χ3v) is 5.05. The van der Waals surface area contributed by atoms with E-state index in [-0.39, 0.29) is 12.0 Å². The molecule has 0 spiro atoms. The molecule has 1 aliphatic rings. The molecule has 3 nitrogen and oxygen atoms in total. The minimum absolute atomic E-state index is 0.161. The van der Waals surface area contributed by atoms with E-state index in [1.807, 2.05) is 19.9 Å². The van der Waals surface area contributed by atoms with Crippen LogP contribution in [-0.4, -0.2) is 29.1 Å². The fraction of sp³-hybridized carbons (Fsp3) is 0.588. The van der Waals surface area contributed by atoms with Gasteiger partial charge in [0, 0.05) is 12.6 Å². The summed E-state index contributed by atoms with van der Waals surface area (Å²) in [5.41, 5.74) is 1.99. The van der Waals surface area contributed by atoms with Gasteiger partial charge in [0.25, 0.3) is 0 Å². The van der Waals surface area contributed by atoms with Crippen molar-refractivity contribution in [3.05, 3.63) is 35.4 Å². The van der Waals surface area contributed by atoms with E-state index >= 15 is 0 Å². The second-order valence-corrected chi connectivity index (χ2v) is 6.37. The Morgan fingerprint density at radius 3 is 2.45 bits per heavy atom. The van der Waals surface area contributed by atoms with Crippen molar-refractivity contribution in [2.24, 2.45) is 11.3 Å². The topological polar surface area (TPSA) is 40.5 Å². The summed E-state index contributed by atoms with van der Waals surface area (Å²) in [6.45, 7) is 9.86. The summed E-state index contributed by atoms with van der Waals surface area (Å²) in [4.78, 5) is 14.0. The lowest BCUT2D eigenvalue weighted by Gasteiger charge is -2.31. The van der Waals surface area contributed by atoms with Gasteiger partial charge in [-0.25, -0.2) is 0 Å². The first-order chi connectivity index (χ1) is 9.38. The maximum Gasteiger partial charge on any atom is 0.311 e. The fourth-order valence-corrected chi connectivity index (χ4v) is 3.34. The Morgan fingerprint density at radius 2 is 1.95 bits per heavy atom. The molecule has 20 heavy (non-hydrogen) atoms. The molecule has 3 heteroatoms. The van der Waals surface area contributed by atoms with Gasteiger partial charge in [-0.2, -0.15) is 0 Å². The first kappa shape index (κ1) is 15.0. The molecule has 1 N–H and O–H groups in total. The van der Waals surface area contributed by atoms with Gasteiger partial charge in [-0.15, -0.1) is 0 Å². The van der Waals surface area contributed by atoms with Gasteiger partial charge in [0.05, 0.1) is 5.41 Å². The van der Waals surface area contributed by atoms with Crippen LogP contribution in [0.4, 0.5) is 0 Å². The molecule has 110 valence electrons. The minimum atomic E-state index is -0.646. The van der Waals surface area contributed by atoms with Crippen molar-refractivity contribution in [2.45, 2.75) is 40.2 Å². The zero-order chi connectivity index (χ0) is 14.9. The highest BCUT2D eigenvalue weighted by molar-refractivity contribution is 5.75. The summed E-state index contributed by atoms with van der Waals surface area (Å²) in [6, 6.07) is 8.65. The summed E-state index contributed by atoms with van der Waals surface area (Å²) < 4.78 is 0. The number of aliphatic carboxylic acids is 1. The van der Waals surface area contributed by atoms with Gasteiger partial charge in [-0.3, -0.25) is 9.69 Å². The third kappa shape index (κ3) is 2.47. The second kappa shape index (κ2) is 5.57. The first-order valence-corrected chi connectivity index (χ1v) is 7.41. The minimum Gasteiger partial charge on any atom is -0.481 e. The highest BCUT2D eigenvalue weighted by atomic mass is 16.4. The summed E-state index contributed by atoms with van der Waals surface area (Å²) >= 11 is 0. The Kier molecular flexibility index (Phi) is 4.19. The molecular weight excluding hydrogens is 250 g/mol. The zero-order valence-electron chi connectivity index (χ0n) is 12.9. The van der Waals surface area contributed by atoms with Crippen LogP contribution in [0, 0.1) is 18.3 Å². The van der Waals surface area contributed by atoms with Crippen LogP contribution in [0.1, 0.15) is 44.4 Å². The maximum atomic E-state index is 11.7. The smallest absolute Gasteiger partial charge is 0.311 e. The molecule has 1 aromatic carbocycles. The molecule has 0 aromatic heterocycles. The fourth-order valence-electron chi connectivity index (χ4n) is 3.34. The van der Waals surface area contributed by atoms with Crippen molar-refractivity contribution in [3.8, 4) is 0 Å². The van der Waals surface area contributed by atoms with Gasteiger partial charge in [-0.1, -0.05) is 38.1 Å². The Labute approximate surface area is 121 Å². The van der Waals surface area contributed by atoms with Gasteiger partial charge < -0.3 is 5.11 Å². The van der Waals surface area contributed by atoms with Crippen LogP contribution in [0.3, 0.4) is 0 Å². The van der Waals surface area contributed by atoms with E-state index in [2.05, 4.69) is 36.9 Å². The van der Waals surface area contributed by atoms with Gasteiger partial charge in [-0.05, 0) is 43.9 Å². The first-order valence-electron chi connectivity index (χ1n) is 7.41. The molecule has 0 radical (unpaired) electrons. The van der Waals surface area contributed by atoms with Crippen LogP contribution in [0.5, 0.6) is 0 Å². The number of likely N-dealkylation sites (tertiary alicyclic amines) is 1. The molecule has 1 aromatic rings. The second-order valence-electron chi connectivity index (χ2n) is 6.37. The van der Waals surface area contributed by atoms with Crippen LogP contribution in [0.15, 0.2) is 24.3 Å². The lowest BCUT2D eigenvalue weighted by molar-refractivity contribution is -0.151. The summed E-state index contributed by atoms with van der Waals surface area (Å²) in [5, 5.41) is 9.63. The van der Waals surface area contributed by atoms with Crippen molar-refractivity contribution < 1.29 is 9.90 Å². The molecule has 0 aliphatic carbocycles. The van der Waals surface area contributed by atoms with E-state index in [1.165, 1.54) is 11.1 Å². The maximum absolute atomic E-state index is 11.7. The van der Waals surface area contributed by atoms with Crippen LogP contribution in [0.2, 0.25) is 0 Å². The molecule has 1 aliphatic heterocycles. The number of hydrogen-bond acceptors (Lipinski definition) is 2. The molecule has 0 saturated carbocycles. The summed E-state index contributed by atoms with van der Waals surface area (Å²) in [5.74, 6) is -0.485. The van der Waals surface area contributed by atoms with E-state index in [1.54, 1.807) is 0 Å². The quantitative estimate of drug-likeness (QED) is 0.914. The Balaban J connectivity index is 2.21. The standard InChI is InChI=1S/C17H25NO2/c1-12(2)17(16(19)20)9-10-18(11-17)14(4)15-8-6-5-7-13(15)3/h5-8,12,14H,9-11H2,1-4H3,(H,19,20). The molecule has 2 rings (SSSR count). The van der Waals surface area contributed by atoms with Crippen LogP contribution in [-0.2, 0) is 4.79 Å². The normalized spacial score (nSPS) is 25.1. The number of rotatable bonds is 4. The predicted octanol–water partition coefficient (Wildman–Crippen LogP) is 3.49. The number of nitrogens with zero attached hydrogens (tertiary/aromatic N) is 1. The molecular formula is C17H25NO2. The van der Waals surface area contributed by atoms with Crippen molar-refractivity contribution >= 4 is 5.97 Å². The number of aryl methyl sites for hydroxylation is 1. The Bertz CT molecular complexity index is 498. The number of carboxylic acids is 1.